The van der Waals surface area contributed by atoms with Crippen molar-refractivity contribution in [2.45, 2.75) is 13.2 Å². The first-order valence-corrected chi connectivity index (χ1v) is 13.9. The second-order valence-electron chi connectivity index (χ2n) is 8.65. The number of halogens is 2. The van der Waals surface area contributed by atoms with Crippen molar-refractivity contribution >= 4 is 45.8 Å². The lowest BCUT2D eigenvalue weighted by atomic mass is 10.2. The van der Waals surface area contributed by atoms with Gasteiger partial charge < -0.3 is 19.9 Å². The Labute approximate surface area is 230 Å². The number of rotatable bonds is 11. The summed E-state index contributed by atoms with van der Waals surface area (Å²) in [6, 6.07) is 22.1. The minimum absolute atomic E-state index is 0.220. The van der Waals surface area contributed by atoms with E-state index in [4.69, 9.17) is 16.3 Å². The van der Waals surface area contributed by atoms with E-state index in [2.05, 4.69) is 61.9 Å². The van der Waals surface area contributed by atoms with Crippen LogP contribution in [-0.2, 0) is 13.2 Å². The molecule has 0 radical (unpaired) electrons. The van der Waals surface area contributed by atoms with E-state index >= 15 is 0 Å². The molecule has 6 nitrogen and oxygen atoms in total. The maximum atomic E-state index is 13.4. The van der Waals surface area contributed by atoms with Crippen molar-refractivity contribution in [3.8, 4) is 11.4 Å². The van der Waals surface area contributed by atoms with Gasteiger partial charge in [0.25, 0.3) is 0 Å². The molecule has 2 heterocycles. The summed E-state index contributed by atoms with van der Waals surface area (Å²) >= 11 is 8.33. The Kier molecular flexibility index (Phi) is 8.43. The number of anilines is 2. The van der Waals surface area contributed by atoms with Crippen molar-refractivity contribution in [2.24, 2.45) is 0 Å². The van der Waals surface area contributed by atoms with Crippen LogP contribution >= 0.6 is 23.4 Å². The summed E-state index contributed by atoms with van der Waals surface area (Å²) in [5.74, 6) is 1.97. The molecular formula is C29H27ClFN5OS. The maximum absolute atomic E-state index is 13.4. The van der Waals surface area contributed by atoms with Gasteiger partial charge in [-0.25, -0.2) is 14.4 Å². The lowest BCUT2D eigenvalue weighted by molar-refractivity contribution is 0.306. The highest BCUT2D eigenvalue weighted by Gasteiger charge is 2.10. The standard InChI is InChI=1S/C29H27ClFN5OS/c1-38-13-11-32-17-24-6-3-12-36(24)23-8-9-27-25(16-23)29(34-19-33-27)35-22-7-10-28(26(30)15-22)37-18-20-4-2-5-21(31)14-20/h2-10,12,14-16,19,32H,11,13,17-18H2,1H3,(H,33,34,35). The summed E-state index contributed by atoms with van der Waals surface area (Å²) in [6.45, 7) is 1.97. The Balaban J connectivity index is 1.34. The third-order valence-corrected chi connectivity index (χ3v) is 6.91. The Morgan fingerprint density at radius 1 is 1.03 bits per heavy atom. The van der Waals surface area contributed by atoms with Gasteiger partial charge in [0.2, 0.25) is 0 Å². The van der Waals surface area contributed by atoms with Gasteiger partial charge in [0, 0.05) is 47.5 Å². The number of hydrogen-bond acceptors (Lipinski definition) is 6. The second kappa shape index (κ2) is 12.3. The molecule has 194 valence electrons. The van der Waals surface area contributed by atoms with Crippen molar-refractivity contribution in [1.29, 1.82) is 0 Å². The van der Waals surface area contributed by atoms with Crippen molar-refractivity contribution < 1.29 is 9.13 Å². The van der Waals surface area contributed by atoms with Crippen LogP contribution in [0.25, 0.3) is 16.6 Å². The maximum Gasteiger partial charge on any atom is 0.141 e. The molecule has 5 rings (SSSR count). The van der Waals surface area contributed by atoms with Crippen LogP contribution in [-0.4, -0.2) is 33.1 Å². The summed E-state index contributed by atoms with van der Waals surface area (Å²) in [5, 5.41) is 8.19. The van der Waals surface area contributed by atoms with Gasteiger partial charge in [-0.2, -0.15) is 11.8 Å². The monoisotopic (exact) mass is 547 g/mol. The molecule has 0 atom stereocenters. The van der Waals surface area contributed by atoms with E-state index in [1.165, 1.54) is 17.8 Å². The first-order chi connectivity index (χ1) is 18.6. The topological polar surface area (TPSA) is 64.0 Å². The summed E-state index contributed by atoms with van der Waals surface area (Å²) in [5.41, 5.74) is 4.53. The molecule has 3 aromatic carbocycles. The molecule has 2 N–H and O–H groups in total. The van der Waals surface area contributed by atoms with Gasteiger partial charge in [-0.15, -0.1) is 0 Å². The molecule has 0 unspecified atom stereocenters. The van der Waals surface area contributed by atoms with Gasteiger partial charge in [0.05, 0.1) is 10.5 Å². The average Bonchev–Trinajstić information content (AvgIpc) is 3.39. The van der Waals surface area contributed by atoms with Crippen molar-refractivity contribution in [3.05, 3.63) is 107 Å². The fourth-order valence-electron chi connectivity index (χ4n) is 4.12. The Morgan fingerprint density at radius 3 is 2.79 bits per heavy atom. The van der Waals surface area contributed by atoms with Gasteiger partial charge in [-0.3, -0.25) is 0 Å². The highest BCUT2D eigenvalue weighted by atomic mass is 35.5. The average molecular weight is 548 g/mol. The van der Waals surface area contributed by atoms with E-state index in [-0.39, 0.29) is 12.4 Å². The highest BCUT2D eigenvalue weighted by molar-refractivity contribution is 7.98. The molecular weight excluding hydrogens is 521 g/mol. The predicted molar refractivity (Wildman–Crippen MR) is 154 cm³/mol. The summed E-state index contributed by atoms with van der Waals surface area (Å²) in [4.78, 5) is 8.94. The third-order valence-electron chi connectivity index (χ3n) is 6.00. The number of thioether (sulfide) groups is 1. The van der Waals surface area contributed by atoms with Crippen molar-refractivity contribution in [2.75, 3.05) is 23.9 Å². The van der Waals surface area contributed by atoms with Crippen LogP contribution in [0.5, 0.6) is 5.75 Å². The molecule has 0 aliphatic carbocycles. The lowest BCUT2D eigenvalue weighted by Crippen LogP contribution is -2.18. The quantitative estimate of drug-likeness (QED) is 0.174. The van der Waals surface area contributed by atoms with E-state index in [1.54, 1.807) is 30.6 Å². The Bertz CT molecular complexity index is 1540. The zero-order valence-corrected chi connectivity index (χ0v) is 22.4. The Morgan fingerprint density at radius 2 is 1.95 bits per heavy atom. The SMILES string of the molecule is CSCCNCc1cccn1-c1ccc2ncnc(Nc3ccc(OCc4cccc(F)c4)c(Cl)c3)c2c1. The second-order valence-corrected chi connectivity index (χ2v) is 10.0. The van der Waals surface area contributed by atoms with Crippen LogP contribution < -0.4 is 15.4 Å². The molecule has 0 fully saturated rings. The van der Waals surface area contributed by atoms with Gasteiger partial charge >= 0.3 is 0 Å². The van der Waals surface area contributed by atoms with Crippen LogP contribution in [0.1, 0.15) is 11.3 Å². The van der Waals surface area contributed by atoms with Gasteiger partial charge in [-0.05, 0) is 72.5 Å². The number of nitrogens with one attached hydrogen (secondary N) is 2. The van der Waals surface area contributed by atoms with E-state index < -0.39 is 0 Å². The van der Waals surface area contributed by atoms with Crippen LogP contribution in [0, 0.1) is 5.82 Å². The molecule has 0 saturated carbocycles. The number of aromatic nitrogens is 3. The minimum atomic E-state index is -0.298. The van der Waals surface area contributed by atoms with Gasteiger partial charge in [0.15, 0.2) is 0 Å². The molecule has 0 amide bonds. The van der Waals surface area contributed by atoms with E-state index in [0.717, 1.165) is 46.7 Å². The summed E-state index contributed by atoms with van der Waals surface area (Å²) in [6.07, 6.45) is 5.71. The number of hydrogen-bond donors (Lipinski definition) is 2. The molecule has 9 heteroatoms. The first-order valence-electron chi connectivity index (χ1n) is 12.2. The Hall–Kier alpha value is -3.59. The van der Waals surface area contributed by atoms with Gasteiger partial charge in [-0.1, -0.05) is 23.7 Å². The van der Waals surface area contributed by atoms with Crippen LogP contribution in [0.4, 0.5) is 15.9 Å². The molecule has 0 aliphatic heterocycles. The molecule has 0 aliphatic rings. The van der Waals surface area contributed by atoms with E-state index in [9.17, 15) is 4.39 Å². The number of nitrogens with zero attached hydrogens (tertiary/aromatic N) is 3. The number of benzene rings is 3. The summed E-state index contributed by atoms with van der Waals surface area (Å²) in [7, 11) is 0. The smallest absolute Gasteiger partial charge is 0.141 e. The normalized spacial score (nSPS) is 11.1. The minimum Gasteiger partial charge on any atom is -0.487 e. The van der Waals surface area contributed by atoms with Crippen LogP contribution in [0.2, 0.25) is 5.02 Å². The van der Waals surface area contributed by atoms with Gasteiger partial charge in [0.1, 0.15) is 30.3 Å². The fraction of sp³-hybridized carbons (Fsp3) is 0.172. The predicted octanol–water partition coefficient (Wildman–Crippen LogP) is 6.99. The van der Waals surface area contributed by atoms with Crippen LogP contribution in [0.15, 0.2) is 85.3 Å². The van der Waals surface area contributed by atoms with E-state index in [0.29, 0.717) is 16.6 Å². The molecule has 0 saturated heterocycles. The zero-order valence-electron chi connectivity index (χ0n) is 20.8. The zero-order chi connectivity index (χ0) is 26.3. The largest absolute Gasteiger partial charge is 0.487 e. The molecule has 0 spiro atoms. The van der Waals surface area contributed by atoms with Crippen molar-refractivity contribution in [1.82, 2.24) is 19.9 Å². The van der Waals surface area contributed by atoms with Crippen LogP contribution in [0.3, 0.4) is 0 Å². The third kappa shape index (κ3) is 6.27. The molecule has 2 aromatic heterocycles. The molecule has 0 bridgehead atoms. The first kappa shape index (κ1) is 26.0. The number of ether oxygens (including phenoxy) is 1. The summed E-state index contributed by atoms with van der Waals surface area (Å²) < 4.78 is 21.4. The number of fused-ring (bicyclic) bond motifs is 1. The van der Waals surface area contributed by atoms with E-state index in [1.807, 2.05) is 23.9 Å². The highest BCUT2D eigenvalue weighted by Crippen LogP contribution is 2.31. The molecule has 5 aromatic rings. The fourth-order valence-corrected chi connectivity index (χ4v) is 4.70. The van der Waals surface area contributed by atoms with Crippen molar-refractivity contribution in [3.63, 3.8) is 0 Å². The molecule has 38 heavy (non-hydrogen) atoms. The lowest BCUT2D eigenvalue weighted by Gasteiger charge is -2.14.